The minimum Gasteiger partial charge on any atom is -0.493 e. The fraction of sp³-hybridized carbons (Fsp3) is 0.280. The molecule has 0 saturated heterocycles. The zero-order chi connectivity index (χ0) is 28.6. The van der Waals surface area contributed by atoms with Crippen LogP contribution in [0.1, 0.15) is 41.2 Å². The van der Waals surface area contributed by atoms with Crippen LogP contribution in [0.3, 0.4) is 0 Å². The SMILES string of the molecule is CCN(CC)Cc1nnn(-c2nonc2N)c1C(=O)N/N=C/c1ccc(OCc2ccc(Cl)cc2Cl)c(OC)c1. The van der Waals surface area contributed by atoms with E-state index in [9.17, 15) is 4.79 Å². The molecule has 2 aromatic carbocycles. The number of nitrogen functional groups attached to an aromatic ring is 1. The lowest BCUT2D eigenvalue weighted by Gasteiger charge is -2.16. The number of benzene rings is 2. The molecule has 1 amide bonds. The number of carbonyl (C=O) groups excluding carboxylic acids is 1. The van der Waals surface area contributed by atoms with E-state index in [1.807, 2.05) is 13.8 Å². The third kappa shape index (κ3) is 6.68. The van der Waals surface area contributed by atoms with Crippen LogP contribution in [-0.2, 0) is 13.2 Å². The molecule has 0 atom stereocenters. The Kier molecular flexibility index (Phi) is 9.53. The average molecular weight is 588 g/mol. The molecule has 3 N–H and O–H groups in total. The highest BCUT2D eigenvalue weighted by atomic mass is 35.5. The van der Waals surface area contributed by atoms with Gasteiger partial charge in [0, 0.05) is 22.2 Å². The number of rotatable bonds is 12. The van der Waals surface area contributed by atoms with Gasteiger partial charge in [0.05, 0.1) is 13.3 Å². The van der Waals surface area contributed by atoms with Gasteiger partial charge in [0.1, 0.15) is 12.3 Å². The molecule has 40 heavy (non-hydrogen) atoms. The van der Waals surface area contributed by atoms with Crippen molar-refractivity contribution >= 4 is 41.1 Å². The second kappa shape index (κ2) is 13.2. The maximum Gasteiger partial charge on any atom is 0.292 e. The molecule has 0 spiro atoms. The van der Waals surface area contributed by atoms with Crippen LogP contribution < -0.4 is 20.6 Å². The molecule has 15 heteroatoms. The van der Waals surface area contributed by atoms with Gasteiger partial charge in [0.2, 0.25) is 11.6 Å². The summed E-state index contributed by atoms with van der Waals surface area (Å²) in [5, 5.41) is 20.7. The third-order valence-corrected chi connectivity index (χ3v) is 6.47. The minimum absolute atomic E-state index is 0.0374. The molecule has 2 heterocycles. The van der Waals surface area contributed by atoms with Gasteiger partial charge in [-0.25, -0.2) is 10.1 Å². The Bertz CT molecular complexity index is 1500. The summed E-state index contributed by atoms with van der Waals surface area (Å²) in [6, 6.07) is 10.4. The van der Waals surface area contributed by atoms with Crippen LogP contribution in [0.2, 0.25) is 10.0 Å². The van der Waals surface area contributed by atoms with Crippen LogP contribution >= 0.6 is 23.2 Å². The third-order valence-electron chi connectivity index (χ3n) is 5.88. The average Bonchev–Trinajstić information content (AvgIpc) is 3.56. The molecule has 0 aliphatic heterocycles. The number of methoxy groups -OCH3 is 1. The van der Waals surface area contributed by atoms with Gasteiger partial charge in [-0.1, -0.05) is 48.3 Å². The van der Waals surface area contributed by atoms with E-state index in [0.29, 0.717) is 39.3 Å². The Labute approximate surface area is 239 Å². The molecule has 0 bridgehead atoms. The summed E-state index contributed by atoms with van der Waals surface area (Å²) in [6.45, 7) is 6.13. The maximum atomic E-state index is 13.2. The highest BCUT2D eigenvalue weighted by Crippen LogP contribution is 2.30. The summed E-state index contributed by atoms with van der Waals surface area (Å²) in [6.07, 6.45) is 1.46. The van der Waals surface area contributed by atoms with E-state index < -0.39 is 5.91 Å². The van der Waals surface area contributed by atoms with Crippen LogP contribution in [0, 0.1) is 0 Å². The number of hydrazone groups is 1. The Morgan fingerprint density at radius 2 is 1.98 bits per heavy atom. The fourth-order valence-electron chi connectivity index (χ4n) is 3.69. The quantitative estimate of drug-likeness (QED) is 0.184. The molecule has 0 unspecified atom stereocenters. The number of ether oxygens (including phenoxy) is 2. The number of nitrogens with one attached hydrogen (secondary N) is 1. The molecule has 0 radical (unpaired) electrons. The van der Waals surface area contributed by atoms with Crippen LogP contribution in [0.25, 0.3) is 5.82 Å². The van der Waals surface area contributed by atoms with E-state index in [0.717, 1.165) is 18.7 Å². The summed E-state index contributed by atoms with van der Waals surface area (Å²) >= 11 is 12.2. The highest BCUT2D eigenvalue weighted by Gasteiger charge is 2.25. The summed E-state index contributed by atoms with van der Waals surface area (Å²) in [5.41, 5.74) is 10.3. The second-order valence-corrected chi connectivity index (χ2v) is 9.21. The van der Waals surface area contributed by atoms with E-state index in [4.69, 9.17) is 38.4 Å². The number of nitrogens with zero attached hydrogens (tertiary/aromatic N) is 7. The van der Waals surface area contributed by atoms with Crippen LogP contribution in [0.4, 0.5) is 5.82 Å². The molecule has 2 aromatic heterocycles. The van der Waals surface area contributed by atoms with Gasteiger partial charge in [-0.3, -0.25) is 9.69 Å². The topological polar surface area (TPSA) is 159 Å². The normalized spacial score (nSPS) is 11.3. The molecular formula is C25H27Cl2N9O4. The number of anilines is 1. The summed E-state index contributed by atoms with van der Waals surface area (Å²) in [5.74, 6) is 0.414. The lowest BCUT2D eigenvalue weighted by molar-refractivity contribution is 0.0945. The van der Waals surface area contributed by atoms with Crippen molar-refractivity contribution in [1.82, 2.24) is 35.6 Å². The van der Waals surface area contributed by atoms with Gasteiger partial charge >= 0.3 is 0 Å². The Balaban J connectivity index is 1.49. The maximum absolute atomic E-state index is 13.2. The first-order valence-corrected chi connectivity index (χ1v) is 12.9. The van der Waals surface area contributed by atoms with Gasteiger partial charge in [-0.05, 0) is 59.3 Å². The lowest BCUT2D eigenvalue weighted by atomic mass is 10.2. The van der Waals surface area contributed by atoms with Crippen molar-refractivity contribution in [3.63, 3.8) is 0 Å². The second-order valence-electron chi connectivity index (χ2n) is 8.36. The predicted molar refractivity (Wildman–Crippen MR) is 149 cm³/mol. The van der Waals surface area contributed by atoms with Crippen LogP contribution in [0.15, 0.2) is 46.1 Å². The van der Waals surface area contributed by atoms with Crippen molar-refractivity contribution in [2.24, 2.45) is 5.10 Å². The first-order valence-electron chi connectivity index (χ1n) is 12.2. The zero-order valence-corrected chi connectivity index (χ0v) is 23.5. The molecule has 13 nitrogen and oxygen atoms in total. The molecule has 0 aliphatic rings. The van der Waals surface area contributed by atoms with Crippen LogP contribution in [0.5, 0.6) is 11.5 Å². The van der Waals surface area contributed by atoms with Crippen molar-refractivity contribution in [3.05, 3.63) is 69.0 Å². The Hall–Kier alpha value is -4.20. The van der Waals surface area contributed by atoms with Crippen molar-refractivity contribution in [3.8, 4) is 17.3 Å². The summed E-state index contributed by atoms with van der Waals surface area (Å²) in [7, 11) is 1.52. The molecule has 4 aromatic rings. The zero-order valence-electron chi connectivity index (χ0n) is 22.0. The molecular weight excluding hydrogens is 561 g/mol. The van der Waals surface area contributed by atoms with Gasteiger partial charge in [0.15, 0.2) is 17.2 Å². The van der Waals surface area contributed by atoms with Crippen molar-refractivity contribution in [2.75, 3.05) is 25.9 Å². The van der Waals surface area contributed by atoms with Gasteiger partial charge in [0.25, 0.3) is 5.91 Å². The number of hydrogen-bond acceptors (Lipinski definition) is 11. The Morgan fingerprint density at radius 3 is 2.65 bits per heavy atom. The molecule has 0 aliphatic carbocycles. The smallest absolute Gasteiger partial charge is 0.292 e. The minimum atomic E-state index is -0.572. The Morgan fingerprint density at radius 1 is 1.18 bits per heavy atom. The first kappa shape index (κ1) is 28.8. The van der Waals surface area contributed by atoms with Gasteiger partial charge in [-0.2, -0.15) is 9.78 Å². The van der Waals surface area contributed by atoms with Gasteiger partial charge in [-0.15, -0.1) is 5.10 Å². The largest absolute Gasteiger partial charge is 0.493 e. The number of carbonyl (C=O) groups is 1. The van der Waals surface area contributed by atoms with E-state index in [1.54, 1.807) is 36.4 Å². The van der Waals surface area contributed by atoms with Crippen LogP contribution in [-0.4, -0.2) is 62.5 Å². The van der Waals surface area contributed by atoms with E-state index in [-0.39, 0.29) is 23.9 Å². The number of halogens is 2. The van der Waals surface area contributed by atoms with Crippen molar-refractivity contribution in [2.45, 2.75) is 27.0 Å². The molecule has 0 fully saturated rings. The molecule has 4 rings (SSSR count). The lowest BCUT2D eigenvalue weighted by Crippen LogP contribution is -2.27. The van der Waals surface area contributed by atoms with Gasteiger partial charge < -0.3 is 15.2 Å². The fourth-order valence-corrected chi connectivity index (χ4v) is 4.15. The summed E-state index contributed by atoms with van der Waals surface area (Å²) in [4.78, 5) is 15.3. The predicted octanol–water partition coefficient (Wildman–Crippen LogP) is 3.73. The number of nitrogens with two attached hydrogens (primary N) is 1. The number of aromatic nitrogens is 5. The molecule has 0 saturated carbocycles. The van der Waals surface area contributed by atoms with E-state index in [2.05, 4.69) is 40.7 Å². The summed E-state index contributed by atoms with van der Waals surface area (Å²) < 4.78 is 17.2. The monoisotopic (exact) mass is 587 g/mol. The van der Waals surface area contributed by atoms with E-state index >= 15 is 0 Å². The van der Waals surface area contributed by atoms with Crippen molar-refractivity contribution < 1.29 is 18.9 Å². The highest BCUT2D eigenvalue weighted by molar-refractivity contribution is 6.35. The molecule has 210 valence electrons. The standard InChI is InChI=1S/C25H27Cl2N9O4/c1-4-35(5-2)13-19-22(36(34-30-19)24-23(28)32-40-33-24)25(37)31-29-12-15-6-9-20(21(10-15)38-3)39-14-16-7-8-17(26)11-18(16)27/h6-12H,4-5,13-14H2,1-3H3,(H2,28,32)(H,31,37)/b29-12+. The number of amides is 1. The van der Waals surface area contributed by atoms with Crippen molar-refractivity contribution in [1.29, 1.82) is 0 Å². The first-order chi connectivity index (χ1) is 19.3. The van der Waals surface area contributed by atoms with E-state index in [1.165, 1.54) is 18.0 Å². The number of hydrogen-bond donors (Lipinski definition) is 2.